The molecule has 0 saturated heterocycles. The molecule has 2 fully saturated rings. The number of urea groups is 1. The summed E-state index contributed by atoms with van der Waals surface area (Å²) in [5.74, 6) is -0.491. The van der Waals surface area contributed by atoms with E-state index >= 15 is 0 Å². The lowest BCUT2D eigenvalue weighted by atomic mass is 9.98. The smallest absolute Gasteiger partial charge is 0.329 e. The predicted molar refractivity (Wildman–Crippen MR) is 71.9 cm³/mol. The largest absolute Gasteiger partial charge is 0.480 e. The molecule has 0 heterocycles. The van der Waals surface area contributed by atoms with E-state index in [0.29, 0.717) is 31.3 Å². The highest BCUT2D eigenvalue weighted by Gasteiger charge is 2.44. The van der Waals surface area contributed by atoms with E-state index in [4.69, 9.17) is 0 Å². The van der Waals surface area contributed by atoms with Gasteiger partial charge in [-0.3, -0.25) is 0 Å². The second kappa shape index (κ2) is 5.39. The van der Waals surface area contributed by atoms with Crippen LogP contribution in [0, 0.1) is 5.92 Å². The van der Waals surface area contributed by atoms with Gasteiger partial charge in [0.2, 0.25) is 0 Å². The van der Waals surface area contributed by atoms with E-state index in [2.05, 4.69) is 19.2 Å². The van der Waals surface area contributed by atoms with Gasteiger partial charge in [0.25, 0.3) is 0 Å². The molecular formula is C14H24N2O3. The van der Waals surface area contributed by atoms with E-state index < -0.39 is 11.5 Å². The summed E-state index contributed by atoms with van der Waals surface area (Å²) < 4.78 is 0. The normalized spacial score (nSPS) is 21.4. The van der Waals surface area contributed by atoms with Gasteiger partial charge in [-0.2, -0.15) is 0 Å². The number of nitrogens with zero attached hydrogens (tertiary/aromatic N) is 1. The number of rotatable bonds is 5. The molecule has 0 spiro atoms. The molecule has 5 heteroatoms. The average molecular weight is 268 g/mol. The molecule has 2 amide bonds. The number of carboxylic acids is 1. The Bertz CT molecular complexity index is 358. The third-order valence-electron chi connectivity index (χ3n) is 4.02. The van der Waals surface area contributed by atoms with Crippen molar-refractivity contribution in [3.05, 3.63) is 0 Å². The minimum Gasteiger partial charge on any atom is -0.480 e. The van der Waals surface area contributed by atoms with E-state index in [0.717, 1.165) is 25.7 Å². The number of hydrogen-bond acceptors (Lipinski definition) is 2. The highest BCUT2D eigenvalue weighted by molar-refractivity contribution is 5.86. The van der Waals surface area contributed by atoms with Crippen LogP contribution >= 0.6 is 0 Å². The molecule has 2 saturated carbocycles. The lowest BCUT2D eigenvalue weighted by Crippen LogP contribution is -2.57. The van der Waals surface area contributed by atoms with Gasteiger partial charge < -0.3 is 15.3 Å². The highest BCUT2D eigenvalue weighted by atomic mass is 16.4. The molecule has 2 rings (SSSR count). The average Bonchev–Trinajstić information content (AvgIpc) is 3.05. The van der Waals surface area contributed by atoms with Gasteiger partial charge in [-0.15, -0.1) is 0 Å². The van der Waals surface area contributed by atoms with E-state index in [1.807, 2.05) is 4.90 Å². The monoisotopic (exact) mass is 268 g/mol. The highest BCUT2D eigenvalue weighted by Crippen LogP contribution is 2.32. The maximum Gasteiger partial charge on any atom is 0.329 e. The second-order valence-electron chi connectivity index (χ2n) is 6.30. The molecule has 19 heavy (non-hydrogen) atoms. The molecule has 0 bridgehead atoms. The predicted octanol–water partition coefficient (Wildman–Crippen LogP) is 2.21. The summed E-state index contributed by atoms with van der Waals surface area (Å²) in [7, 11) is 0. The summed E-state index contributed by atoms with van der Waals surface area (Å²) in [4.78, 5) is 25.7. The Morgan fingerprint density at radius 1 is 1.32 bits per heavy atom. The topological polar surface area (TPSA) is 69.6 Å². The minimum absolute atomic E-state index is 0.194. The van der Waals surface area contributed by atoms with Crippen LogP contribution in [0.3, 0.4) is 0 Å². The molecule has 0 radical (unpaired) electrons. The van der Waals surface area contributed by atoms with Crippen LogP contribution in [-0.2, 0) is 4.79 Å². The number of carbonyl (C=O) groups excluding carboxylic acids is 1. The van der Waals surface area contributed by atoms with Crippen molar-refractivity contribution in [2.75, 3.05) is 6.54 Å². The summed E-state index contributed by atoms with van der Waals surface area (Å²) >= 11 is 0. The van der Waals surface area contributed by atoms with E-state index in [-0.39, 0.29) is 6.03 Å². The Labute approximate surface area is 114 Å². The number of carbonyl (C=O) groups is 2. The van der Waals surface area contributed by atoms with Crippen LogP contribution in [-0.4, -0.2) is 40.1 Å². The van der Waals surface area contributed by atoms with Gasteiger partial charge >= 0.3 is 12.0 Å². The molecule has 2 N–H and O–H groups in total. The molecule has 0 atom stereocenters. The van der Waals surface area contributed by atoms with Crippen molar-refractivity contribution in [3.8, 4) is 0 Å². The summed E-state index contributed by atoms with van der Waals surface area (Å²) in [6.45, 7) is 4.85. The summed E-state index contributed by atoms with van der Waals surface area (Å²) in [5, 5.41) is 12.2. The van der Waals surface area contributed by atoms with Gasteiger partial charge in [0.05, 0.1) is 0 Å². The molecule has 0 aliphatic heterocycles. The summed E-state index contributed by atoms with van der Waals surface area (Å²) in [6, 6.07) is 0.121. The lowest BCUT2D eigenvalue weighted by molar-refractivity contribution is -0.144. The fourth-order valence-corrected chi connectivity index (χ4v) is 2.82. The van der Waals surface area contributed by atoms with Gasteiger partial charge in [-0.1, -0.05) is 26.7 Å². The van der Waals surface area contributed by atoms with Crippen molar-refractivity contribution in [1.29, 1.82) is 0 Å². The van der Waals surface area contributed by atoms with E-state index in [1.165, 1.54) is 0 Å². The van der Waals surface area contributed by atoms with Crippen LogP contribution in [0.1, 0.15) is 52.4 Å². The first-order valence-corrected chi connectivity index (χ1v) is 7.27. The van der Waals surface area contributed by atoms with Crippen molar-refractivity contribution >= 4 is 12.0 Å². The van der Waals surface area contributed by atoms with Crippen molar-refractivity contribution < 1.29 is 14.7 Å². The molecule has 2 aliphatic rings. The third kappa shape index (κ3) is 3.19. The number of aliphatic carboxylic acids is 1. The van der Waals surface area contributed by atoms with Gasteiger partial charge in [-0.05, 0) is 31.6 Å². The quantitative estimate of drug-likeness (QED) is 0.803. The number of amides is 2. The molecule has 0 aromatic heterocycles. The maximum absolute atomic E-state index is 12.4. The van der Waals surface area contributed by atoms with Gasteiger partial charge in [0.1, 0.15) is 5.54 Å². The van der Waals surface area contributed by atoms with Crippen molar-refractivity contribution in [1.82, 2.24) is 10.2 Å². The second-order valence-corrected chi connectivity index (χ2v) is 6.30. The molecule has 5 nitrogen and oxygen atoms in total. The molecule has 0 aromatic carbocycles. The minimum atomic E-state index is -1.03. The zero-order chi connectivity index (χ0) is 14.0. The zero-order valence-corrected chi connectivity index (χ0v) is 11.8. The standard InChI is InChI=1S/C14H24N2O3/c1-10(2)9-16(11-5-6-11)13(19)15-14(12(17)18)7-3-4-8-14/h10-11H,3-9H2,1-2H3,(H,15,19)(H,17,18). The van der Waals surface area contributed by atoms with Gasteiger partial charge in [0, 0.05) is 12.6 Å². The van der Waals surface area contributed by atoms with Gasteiger partial charge in [-0.25, -0.2) is 9.59 Å². The van der Waals surface area contributed by atoms with Crippen LogP contribution < -0.4 is 5.32 Å². The molecular weight excluding hydrogens is 244 g/mol. The Morgan fingerprint density at radius 3 is 2.32 bits per heavy atom. The lowest BCUT2D eigenvalue weighted by Gasteiger charge is -2.31. The fraction of sp³-hybridized carbons (Fsp3) is 0.857. The first-order chi connectivity index (χ1) is 8.94. The van der Waals surface area contributed by atoms with Gasteiger partial charge in [0.15, 0.2) is 0 Å². The number of hydrogen-bond donors (Lipinski definition) is 2. The van der Waals surface area contributed by atoms with Crippen LogP contribution in [0.25, 0.3) is 0 Å². The molecule has 108 valence electrons. The third-order valence-corrected chi connectivity index (χ3v) is 4.02. The maximum atomic E-state index is 12.4. The molecule has 0 unspecified atom stereocenters. The van der Waals surface area contributed by atoms with Crippen LogP contribution in [0.2, 0.25) is 0 Å². The number of nitrogens with one attached hydrogen (secondary N) is 1. The van der Waals surface area contributed by atoms with E-state index in [1.54, 1.807) is 0 Å². The molecule has 2 aliphatic carbocycles. The van der Waals surface area contributed by atoms with Crippen LogP contribution in [0.4, 0.5) is 4.79 Å². The summed E-state index contributed by atoms with van der Waals surface area (Å²) in [5.41, 5.74) is -1.03. The molecule has 0 aromatic rings. The first kappa shape index (κ1) is 14.2. The SMILES string of the molecule is CC(C)CN(C(=O)NC1(C(=O)O)CCCC1)C1CC1. The van der Waals surface area contributed by atoms with Crippen molar-refractivity contribution in [2.45, 2.75) is 64.0 Å². The first-order valence-electron chi connectivity index (χ1n) is 7.27. The Morgan fingerprint density at radius 2 is 1.89 bits per heavy atom. The van der Waals surface area contributed by atoms with Crippen molar-refractivity contribution in [3.63, 3.8) is 0 Å². The Hall–Kier alpha value is -1.26. The summed E-state index contributed by atoms with van der Waals surface area (Å²) in [6.07, 6.45) is 4.93. The van der Waals surface area contributed by atoms with E-state index in [9.17, 15) is 14.7 Å². The Balaban J connectivity index is 2.03. The van der Waals surface area contributed by atoms with Crippen LogP contribution in [0.5, 0.6) is 0 Å². The fourth-order valence-electron chi connectivity index (χ4n) is 2.82. The van der Waals surface area contributed by atoms with Crippen LogP contribution in [0.15, 0.2) is 0 Å². The zero-order valence-electron chi connectivity index (χ0n) is 11.8. The van der Waals surface area contributed by atoms with Crippen molar-refractivity contribution in [2.24, 2.45) is 5.92 Å². The Kier molecular flexibility index (Phi) is 4.02. The number of carboxylic acid groups (broad SMARTS) is 1.